The first kappa shape index (κ1) is 17.3. The molecular formula is C20H17F3N4. The van der Waals surface area contributed by atoms with Crippen LogP contribution in [0.25, 0.3) is 0 Å². The van der Waals surface area contributed by atoms with E-state index in [-0.39, 0.29) is 0 Å². The number of hydrogen-bond donors (Lipinski definition) is 1. The molecule has 0 aliphatic carbocycles. The monoisotopic (exact) mass is 370 g/mol. The van der Waals surface area contributed by atoms with Gasteiger partial charge in [0.25, 0.3) is 0 Å². The molecule has 7 heteroatoms. The summed E-state index contributed by atoms with van der Waals surface area (Å²) in [4.78, 5) is 11.0. The van der Waals surface area contributed by atoms with Gasteiger partial charge in [0.1, 0.15) is 5.82 Å². The largest absolute Gasteiger partial charge is 0.416 e. The molecule has 0 saturated carbocycles. The Morgan fingerprint density at radius 2 is 1.67 bits per heavy atom. The van der Waals surface area contributed by atoms with Crippen LogP contribution < -0.4 is 10.2 Å². The highest BCUT2D eigenvalue weighted by Gasteiger charge is 2.29. The van der Waals surface area contributed by atoms with Crippen molar-refractivity contribution in [2.45, 2.75) is 19.1 Å². The van der Waals surface area contributed by atoms with Gasteiger partial charge in [-0.2, -0.15) is 18.2 Å². The molecule has 0 atom stereocenters. The molecule has 1 N–H and O–H groups in total. The third-order valence-electron chi connectivity index (χ3n) is 4.54. The summed E-state index contributed by atoms with van der Waals surface area (Å²) < 4.78 is 38.0. The van der Waals surface area contributed by atoms with Crippen LogP contribution in [0, 0.1) is 0 Å². The van der Waals surface area contributed by atoms with E-state index in [9.17, 15) is 13.2 Å². The zero-order chi connectivity index (χ0) is 18.9. The van der Waals surface area contributed by atoms with Crippen LogP contribution in [-0.4, -0.2) is 16.5 Å². The highest BCUT2D eigenvalue weighted by Crippen LogP contribution is 2.30. The summed E-state index contributed by atoms with van der Waals surface area (Å²) in [5.74, 6) is 1.14. The minimum atomic E-state index is -4.34. The lowest BCUT2D eigenvalue weighted by Gasteiger charge is -2.28. The van der Waals surface area contributed by atoms with E-state index in [4.69, 9.17) is 0 Å². The topological polar surface area (TPSA) is 41.1 Å². The molecule has 4 rings (SSSR count). The van der Waals surface area contributed by atoms with Gasteiger partial charge in [-0.3, -0.25) is 0 Å². The lowest BCUT2D eigenvalue weighted by molar-refractivity contribution is -0.137. The van der Waals surface area contributed by atoms with Crippen molar-refractivity contribution in [3.05, 3.63) is 77.5 Å². The van der Waals surface area contributed by atoms with Crippen molar-refractivity contribution in [2.24, 2.45) is 0 Å². The Kier molecular flexibility index (Phi) is 4.43. The standard InChI is InChI=1S/C20H17F3N4/c21-20(22,23)16-5-7-17(8-6-16)25-18-9-11-24-19(26-18)27-12-10-14-3-1-2-4-15(14)13-27/h1-9,11H,10,12-13H2,(H,24,25,26). The van der Waals surface area contributed by atoms with Crippen molar-refractivity contribution >= 4 is 17.5 Å². The van der Waals surface area contributed by atoms with E-state index in [0.29, 0.717) is 17.5 Å². The molecule has 3 aromatic rings. The molecule has 0 unspecified atom stereocenters. The number of halogens is 3. The molecular weight excluding hydrogens is 353 g/mol. The molecule has 1 aliphatic rings. The van der Waals surface area contributed by atoms with E-state index < -0.39 is 11.7 Å². The molecule has 138 valence electrons. The normalized spacial score (nSPS) is 14.0. The average molecular weight is 370 g/mol. The van der Waals surface area contributed by atoms with E-state index in [0.717, 1.165) is 31.6 Å². The Morgan fingerprint density at radius 1 is 0.926 bits per heavy atom. The number of hydrogen-bond acceptors (Lipinski definition) is 4. The minimum absolute atomic E-state index is 0.539. The van der Waals surface area contributed by atoms with Gasteiger partial charge in [-0.15, -0.1) is 0 Å². The molecule has 0 saturated heterocycles. The second-order valence-corrected chi connectivity index (χ2v) is 6.38. The Bertz CT molecular complexity index is 938. The van der Waals surface area contributed by atoms with Crippen LogP contribution in [0.5, 0.6) is 0 Å². The molecule has 2 aromatic carbocycles. The smallest absolute Gasteiger partial charge is 0.340 e. The lowest BCUT2D eigenvalue weighted by Crippen LogP contribution is -2.31. The van der Waals surface area contributed by atoms with Crippen LogP contribution in [0.1, 0.15) is 16.7 Å². The SMILES string of the molecule is FC(F)(F)c1ccc(Nc2ccnc(N3CCc4ccccc4C3)n2)cc1. The van der Waals surface area contributed by atoms with Crippen LogP contribution in [-0.2, 0) is 19.1 Å². The summed E-state index contributed by atoms with van der Waals surface area (Å²) in [6.45, 7) is 1.56. The van der Waals surface area contributed by atoms with E-state index >= 15 is 0 Å². The fraction of sp³-hybridized carbons (Fsp3) is 0.200. The first-order valence-corrected chi connectivity index (χ1v) is 8.58. The van der Waals surface area contributed by atoms with Crippen LogP contribution in [0.3, 0.4) is 0 Å². The maximum absolute atomic E-state index is 12.7. The number of benzene rings is 2. The highest BCUT2D eigenvalue weighted by atomic mass is 19.4. The fourth-order valence-electron chi connectivity index (χ4n) is 3.13. The molecule has 2 heterocycles. The molecule has 1 aromatic heterocycles. The molecule has 27 heavy (non-hydrogen) atoms. The van der Waals surface area contributed by atoms with Gasteiger partial charge < -0.3 is 10.2 Å². The zero-order valence-electron chi connectivity index (χ0n) is 14.4. The van der Waals surface area contributed by atoms with Crippen LogP contribution >= 0.6 is 0 Å². The Labute approximate surface area is 154 Å². The first-order chi connectivity index (χ1) is 13.0. The Balaban J connectivity index is 1.50. The first-order valence-electron chi connectivity index (χ1n) is 8.58. The summed E-state index contributed by atoms with van der Waals surface area (Å²) in [5, 5.41) is 3.04. The Morgan fingerprint density at radius 3 is 2.41 bits per heavy atom. The van der Waals surface area contributed by atoms with Gasteiger partial charge in [-0.25, -0.2) is 4.98 Å². The maximum Gasteiger partial charge on any atom is 0.416 e. The molecule has 0 bridgehead atoms. The van der Waals surface area contributed by atoms with Gasteiger partial charge in [0.15, 0.2) is 0 Å². The number of nitrogens with zero attached hydrogens (tertiary/aromatic N) is 3. The number of fused-ring (bicyclic) bond motifs is 1. The fourth-order valence-corrected chi connectivity index (χ4v) is 3.13. The lowest BCUT2D eigenvalue weighted by atomic mass is 10.0. The van der Waals surface area contributed by atoms with Gasteiger partial charge in [0.2, 0.25) is 5.95 Å². The van der Waals surface area contributed by atoms with E-state index in [1.807, 2.05) is 12.1 Å². The predicted octanol–water partition coefficient (Wildman–Crippen LogP) is 4.80. The zero-order valence-corrected chi connectivity index (χ0v) is 14.4. The number of anilines is 3. The molecule has 0 amide bonds. The summed E-state index contributed by atoms with van der Waals surface area (Å²) in [7, 11) is 0. The van der Waals surface area contributed by atoms with Crippen molar-refractivity contribution in [1.82, 2.24) is 9.97 Å². The quantitative estimate of drug-likeness (QED) is 0.719. The van der Waals surface area contributed by atoms with Crippen molar-refractivity contribution < 1.29 is 13.2 Å². The van der Waals surface area contributed by atoms with Gasteiger partial charge in [0, 0.05) is 25.0 Å². The summed E-state index contributed by atoms with van der Waals surface area (Å²) in [5.41, 5.74) is 2.46. The van der Waals surface area contributed by atoms with Crippen molar-refractivity contribution in [3.8, 4) is 0 Å². The second-order valence-electron chi connectivity index (χ2n) is 6.38. The van der Waals surface area contributed by atoms with E-state index in [1.165, 1.54) is 23.3 Å². The number of aromatic nitrogens is 2. The molecule has 4 nitrogen and oxygen atoms in total. The number of alkyl halides is 3. The summed E-state index contributed by atoms with van der Waals surface area (Å²) in [6.07, 6.45) is -1.77. The second kappa shape index (κ2) is 6.90. The van der Waals surface area contributed by atoms with Crippen molar-refractivity contribution in [1.29, 1.82) is 0 Å². The highest BCUT2D eigenvalue weighted by molar-refractivity contribution is 5.57. The van der Waals surface area contributed by atoms with Crippen molar-refractivity contribution in [3.63, 3.8) is 0 Å². The van der Waals surface area contributed by atoms with Gasteiger partial charge >= 0.3 is 6.18 Å². The van der Waals surface area contributed by atoms with E-state index in [1.54, 1.807) is 12.3 Å². The van der Waals surface area contributed by atoms with Gasteiger partial charge in [-0.1, -0.05) is 24.3 Å². The third kappa shape index (κ3) is 3.86. The summed E-state index contributed by atoms with van der Waals surface area (Å²) in [6, 6.07) is 14.9. The van der Waals surface area contributed by atoms with Crippen LogP contribution in [0.2, 0.25) is 0 Å². The van der Waals surface area contributed by atoms with Gasteiger partial charge in [-0.05, 0) is 47.9 Å². The minimum Gasteiger partial charge on any atom is -0.340 e. The van der Waals surface area contributed by atoms with Gasteiger partial charge in [0.05, 0.1) is 5.56 Å². The molecule has 0 spiro atoms. The van der Waals surface area contributed by atoms with Crippen LogP contribution in [0.15, 0.2) is 60.8 Å². The number of rotatable bonds is 3. The predicted molar refractivity (Wildman–Crippen MR) is 98.0 cm³/mol. The Hall–Kier alpha value is -3.09. The maximum atomic E-state index is 12.7. The summed E-state index contributed by atoms with van der Waals surface area (Å²) >= 11 is 0. The van der Waals surface area contributed by atoms with Crippen LogP contribution in [0.4, 0.5) is 30.6 Å². The molecule has 0 radical (unpaired) electrons. The number of nitrogens with one attached hydrogen (secondary N) is 1. The third-order valence-corrected chi connectivity index (χ3v) is 4.54. The van der Waals surface area contributed by atoms with Crippen molar-refractivity contribution in [2.75, 3.05) is 16.8 Å². The average Bonchev–Trinajstić information content (AvgIpc) is 2.67. The molecule has 0 fully saturated rings. The molecule has 1 aliphatic heterocycles. The van der Waals surface area contributed by atoms with E-state index in [2.05, 4.69) is 32.3 Å².